The summed E-state index contributed by atoms with van der Waals surface area (Å²) in [4.78, 5) is 35.7. The van der Waals surface area contributed by atoms with Crippen LogP contribution in [0, 0.1) is 0 Å². The molecule has 0 bridgehead atoms. The van der Waals surface area contributed by atoms with Crippen LogP contribution in [0.1, 0.15) is 60.3 Å². The van der Waals surface area contributed by atoms with Crippen LogP contribution in [0.5, 0.6) is 0 Å². The van der Waals surface area contributed by atoms with Gasteiger partial charge in [-0.3, -0.25) is 9.59 Å². The fourth-order valence-electron chi connectivity index (χ4n) is 2.08. The fourth-order valence-corrected chi connectivity index (χ4v) is 2.08. The lowest BCUT2D eigenvalue weighted by molar-refractivity contribution is -0.156. The average Bonchev–Trinajstić information content (AvgIpc) is 3.16. The van der Waals surface area contributed by atoms with Crippen LogP contribution < -0.4 is 10.6 Å². The van der Waals surface area contributed by atoms with Gasteiger partial charge in [0.25, 0.3) is 5.91 Å². The third-order valence-corrected chi connectivity index (χ3v) is 3.14. The van der Waals surface area contributed by atoms with Crippen molar-refractivity contribution < 1.29 is 23.9 Å². The van der Waals surface area contributed by atoms with Gasteiger partial charge in [-0.15, -0.1) is 0 Å². The van der Waals surface area contributed by atoms with Gasteiger partial charge in [0.15, 0.2) is 6.10 Å². The number of nitrogens with one attached hydrogen (secondary N) is 2. The minimum absolute atomic E-state index is 0.143. The second-order valence-corrected chi connectivity index (χ2v) is 6.85. The minimum atomic E-state index is -1.06. The molecule has 1 aliphatic carbocycles. The summed E-state index contributed by atoms with van der Waals surface area (Å²) in [6, 6.07) is -0.484. The van der Waals surface area contributed by atoms with E-state index in [1.807, 2.05) is 6.92 Å². The van der Waals surface area contributed by atoms with Crippen molar-refractivity contribution in [3.05, 3.63) is 0 Å². The van der Waals surface area contributed by atoms with Crippen LogP contribution in [0.2, 0.25) is 0 Å². The molecule has 0 unspecified atom stereocenters. The summed E-state index contributed by atoms with van der Waals surface area (Å²) < 4.78 is 10.4. The van der Waals surface area contributed by atoms with Gasteiger partial charge in [0.2, 0.25) is 0 Å². The van der Waals surface area contributed by atoms with Crippen molar-refractivity contribution >= 4 is 18.0 Å². The molecule has 7 nitrogen and oxygen atoms in total. The van der Waals surface area contributed by atoms with E-state index in [-0.39, 0.29) is 11.9 Å². The number of esters is 1. The summed E-state index contributed by atoms with van der Waals surface area (Å²) in [5.74, 6) is -0.940. The van der Waals surface area contributed by atoms with Crippen molar-refractivity contribution in [3.8, 4) is 0 Å². The maximum Gasteiger partial charge on any atom is 0.408 e. The maximum atomic E-state index is 12.3. The molecule has 7 heteroatoms. The van der Waals surface area contributed by atoms with Gasteiger partial charge in [0.1, 0.15) is 5.60 Å². The van der Waals surface area contributed by atoms with Crippen molar-refractivity contribution in [2.24, 2.45) is 0 Å². The smallest absolute Gasteiger partial charge is 0.408 e. The molecule has 132 valence electrons. The lowest BCUT2D eigenvalue weighted by Crippen LogP contribution is -2.53. The van der Waals surface area contributed by atoms with Gasteiger partial charge in [-0.2, -0.15) is 0 Å². The van der Waals surface area contributed by atoms with E-state index >= 15 is 0 Å². The summed E-state index contributed by atoms with van der Waals surface area (Å²) in [6.45, 7) is 8.43. The lowest BCUT2D eigenvalue weighted by Gasteiger charge is -2.28. The molecule has 2 amide bonds. The highest BCUT2D eigenvalue weighted by molar-refractivity contribution is 5.85. The summed E-state index contributed by atoms with van der Waals surface area (Å²) in [5, 5.41) is 5.47. The Hall–Kier alpha value is -1.79. The van der Waals surface area contributed by atoms with Gasteiger partial charge in [-0.25, -0.2) is 4.79 Å². The minimum Gasteiger partial charge on any atom is -0.450 e. The molecule has 0 aromatic heterocycles. The summed E-state index contributed by atoms with van der Waals surface area (Å²) in [7, 11) is 0. The second kappa shape index (κ2) is 8.17. The van der Waals surface area contributed by atoms with Crippen molar-refractivity contribution in [1.82, 2.24) is 10.6 Å². The van der Waals surface area contributed by atoms with Crippen LogP contribution in [0.4, 0.5) is 4.79 Å². The van der Waals surface area contributed by atoms with E-state index < -0.39 is 29.8 Å². The molecule has 23 heavy (non-hydrogen) atoms. The Bertz CT molecular complexity index is 440. The number of carbonyl (C=O) groups excluding carboxylic acids is 3. The highest BCUT2D eigenvalue weighted by Gasteiger charge is 2.35. The van der Waals surface area contributed by atoms with E-state index in [0.29, 0.717) is 6.42 Å². The van der Waals surface area contributed by atoms with Gasteiger partial charge < -0.3 is 20.1 Å². The van der Waals surface area contributed by atoms with Crippen LogP contribution in [0.3, 0.4) is 0 Å². The number of alkyl carbamates (subject to hydrolysis) is 1. The van der Waals surface area contributed by atoms with Gasteiger partial charge >= 0.3 is 12.1 Å². The Kier molecular flexibility index (Phi) is 6.84. The molecule has 0 saturated heterocycles. The zero-order chi connectivity index (χ0) is 17.6. The van der Waals surface area contributed by atoms with E-state index in [9.17, 15) is 14.4 Å². The lowest BCUT2D eigenvalue weighted by atomic mass is 10.0. The zero-order valence-corrected chi connectivity index (χ0v) is 14.6. The predicted molar refractivity (Wildman–Crippen MR) is 84.8 cm³/mol. The number of amides is 2. The molecular formula is C16H28N2O5. The normalized spacial score (nSPS) is 16.9. The number of ether oxygens (including phenoxy) is 2. The summed E-state index contributed by atoms with van der Waals surface area (Å²) in [5.41, 5.74) is -0.645. The quantitative estimate of drug-likeness (QED) is 0.696. The first-order chi connectivity index (χ1) is 10.6. The number of hydrogen-bond acceptors (Lipinski definition) is 5. The number of carbonyl (C=O) groups is 3. The second-order valence-electron chi connectivity index (χ2n) is 6.85. The molecule has 2 atom stereocenters. The van der Waals surface area contributed by atoms with Crippen LogP contribution in [0.15, 0.2) is 0 Å². The van der Waals surface area contributed by atoms with Crippen LogP contribution in [-0.2, 0) is 19.1 Å². The number of hydrogen-bond donors (Lipinski definition) is 2. The predicted octanol–water partition coefficient (Wildman–Crippen LogP) is 1.89. The van der Waals surface area contributed by atoms with Crippen molar-refractivity contribution in [1.29, 1.82) is 0 Å². The molecule has 1 aliphatic rings. The average molecular weight is 328 g/mol. The molecule has 0 aromatic rings. The van der Waals surface area contributed by atoms with Crippen LogP contribution in [0.25, 0.3) is 0 Å². The van der Waals surface area contributed by atoms with Crippen molar-refractivity contribution in [2.45, 2.75) is 84.1 Å². The topological polar surface area (TPSA) is 93.7 Å². The molecule has 1 rings (SSSR count). The van der Waals surface area contributed by atoms with E-state index in [4.69, 9.17) is 9.47 Å². The molecule has 2 N–H and O–H groups in total. The zero-order valence-electron chi connectivity index (χ0n) is 14.6. The fraction of sp³-hybridized carbons (Fsp3) is 0.812. The van der Waals surface area contributed by atoms with Crippen LogP contribution >= 0.6 is 0 Å². The maximum absolute atomic E-state index is 12.3. The highest BCUT2D eigenvalue weighted by Crippen LogP contribution is 2.20. The first-order valence-electron chi connectivity index (χ1n) is 8.09. The van der Waals surface area contributed by atoms with E-state index in [2.05, 4.69) is 10.6 Å². The largest absolute Gasteiger partial charge is 0.450 e. The Morgan fingerprint density at radius 2 is 1.83 bits per heavy atom. The SMILES string of the molecule is CCC[C@@H](NC(=O)OC(C)(C)C)[C@@H](OC(C)=O)C(=O)NC1CC1. The molecular weight excluding hydrogens is 300 g/mol. The third-order valence-electron chi connectivity index (χ3n) is 3.14. The first-order valence-corrected chi connectivity index (χ1v) is 8.09. The molecule has 1 saturated carbocycles. The Labute approximate surface area is 137 Å². The Morgan fingerprint density at radius 1 is 1.22 bits per heavy atom. The van der Waals surface area contributed by atoms with Crippen LogP contribution in [-0.4, -0.2) is 41.8 Å². The first kappa shape index (κ1) is 19.3. The van der Waals surface area contributed by atoms with Gasteiger partial charge in [0.05, 0.1) is 6.04 Å². The van der Waals surface area contributed by atoms with Gasteiger partial charge in [-0.1, -0.05) is 13.3 Å². The van der Waals surface area contributed by atoms with Crippen molar-refractivity contribution in [2.75, 3.05) is 0 Å². The molecule has 0 radical (unpaired) electrons. The van der Waals surface area contributed by atoms with Crippen molar-refractivity contribution in [3.63, 3.8) is 0 Å². The summed E-state index contributed by atoms with van der Waals surface area (Å²) in [6.07, 6.45) is 1.38. The highest BCUT2D eigenvalue weighted by atomic mass is 16.6. The third kappa shape index (κ3) is 7.85. The Balaban J connectivity index is 2.78. The van der Waals surface area contributed by atoms with E-state index in [0.717, 1.165) is 19.3 Å². The van der Waals surface area contributed by atoms with Gasteiger partial charge in [-0.05, 0) is 40.0 Å². The molecule has 1 fully saturated rings. The molecule has 0 aliphatic heterocycles. The molecule has 0 spiro atoms. The van der Waals surface area contributed by atoms with Gasteiger partial charge in [0, 0.05) is 13.0 Å². The monoisotopic (exact) mass is 328 g/mol. The Morgan fingerprint density at radius 3 is 2.26 bits per heavy atom. The summed E-state index contributed by atoms with van der Waals surface area (Å²) >= 11 is 0. The van der Waals surface area contributed by atoms with E-state index in [1.54, 1.807) is 20.8 Å². The standard InChI is InChI=1S/C16H28N2O5/c1-6-7-12(18-15(21)23-16(3,4)5)13(22-10(2)19)14(20)17-11-8-9-11/h11-13H,6-9H2,1-5H3,(H,17,20)(H,18,21)/t12-,13-/m1/s1. The number of rotatable bonds is 7. The van der Waals surface area contributed by atoms with E-state index in [1.165, 1.54) is 6.92 Å². The molecule has 0 heterocycles. The molecule has 0 aromatic carbocycles.